The predicted octanol–water partition coefficient (Wildman–Crippen LogP) is 1.38. The molecule has 1 heteroatoms. The first-order valence-electron chi connectivity index (χ1n) is 3.53. The lowest BCUT2D eigenvalue weighted by atomic mass is 10.1. The molecule has 0 spiro atoms. The first-order valence-corrected chi connectivity index (χ1v) is 3.53. The zero-order valence-electron chi connectivity index (χ0n) is 5.56. The first-order chi connectivity index (χ1) is 3.83. The second-order valence-electron chi connectivity index (χ2n) is 3.02. The quantitative estimate of drug-likeness (QED) is 0.546. The maximum Gasteiger partial charge on any atom is -0.00488 e. The van der Waals surface area contributed by atoms with E-state index in [4.69, 9.17) is 5.73 Å². The normalized spacial score (nSPS) is 38.2. The van der Waals surface area contributed by atoms with Crippen LogP contribution in [0.15, 0.2) is 0 Å². The topological polar surface area (TPSA) is 26.0 Å². The van der Waals surface area contributed by atoms with E-state index < -0.39 is 0 Å². The van der Waals surface area contributed by atoms with Crippen LogP contribution in [0.1, 0.15) is 26.2 Å². The van der Waals surface area contributed by atoms with E-state index in [-0.39, 0.29) is 0 Å². The van der Waals surface area contributed by atoms with E-state index in [1.807, 2.05) is 0 Å². The van der Waals surface area contributed by atoms with Gasteiger partial charge in [-0.05, 0) is 31.2 Å². The highest BCUT2D eigenvalue weighted by molar-refractivity contribution is 4.72. The Morgan fingerprint density at radius 2 is 2.25 bits per heavy atom. The molecule has 1 saturated carbocycles. The molecule has 0 amide bonds. The number of rotatable bonds is 1. The van der Waals surface area contributed by atoms with Gasteiger partial charge in [-0.2, -0.15) is 0 Å². The predicted molar refractivity (Wildman–Crippen MR) is 35.6 cm³/mol. The Labute approximate surface area is 51.3 Å². The molecule has 0 aliphatic heterocycles. The van der Waals surface area contributed by atoms with Gasteiger partial charge in [0.25, 0.3) is 0 Å². The van der Waals surface area contributed by atoms with Crippen LogP contribution in [-0.2, 0) is 0 Å². The van der Waals surface area contributed by atoms with Gasteiger partial charge in [0.05, 0.1) is 0 Å². The highest BCUT2D eigenvalue weighted by Gasteiger charge is 2.18. The van der Waals surface area contributed by atoms with Gasteiger partial charge in [-0.25, -0.2) is 0 Å². The van der Waals surface area contributed by atoms with Crippen LogP contribution < -0.4 is 5.73 Å². The summed E-state index contributed by atoms with van der Waals surface area (Å²) in [5.41, 5.74) is 5.50. The summed E-state index contributed by atoms with van der Waals surface area (Å²) in [4.78, 5) is 0. The molecule has 0 heterocycles. The highest BCUT2D eigenvalue weighted by atomic mass is 14.6. The minimum Gasteiger partial charge on any atom is -0.330 e. The van der Waals surface area contributed by atoms with Gasteiger partial charge in [0, 0.05) is 0 Å². The molecule has 1 nitrogen and oxygen atoms in total. The third kappa shape index (κ3) is 1.22. The second-order valence-corrected chi connectivity index (χ2v) is 3.02. The molecule has 2 N–H and O–H groups in total. The van der Waals surface area contributed by atoms with Crippen molar-refractivity contribution in [3.63, 3.8) is 0 Å². The maximum atomic E-state index is 5.50. The molecule has 0 aromatic heterocycles. The summed E-state index contributed by atoms with van der Waals surface area (Å²) in [6, 6.07) is 0. The minimum absolute atomic E-state index is 0.852. The molecule has 1 aliphatic rings. The molecule has 2 atom stereocenters. The molecule has 1 fully saturated rings. The van der Waals surface area contributed by atoms with Crippen molar-refractivity contribution in [3.05, 3.63) is 0 Å². The Hall–Kier alpha value is -0.0400. The zero-order valence-corrected chi connectivity index (χ0v) is 5.56. The van der Waals surface area contributed by atoms with Crippen LogP contribution >= 0.6 is 0 Å². The van der Waals surface area contributed by atoms with Gasteiger partial charge in [-0.15, -0.1) is 0 Å². The molecule has 1 rings (SSSR count). The number of hydrogen-bond acceptors (Lipinski definition) is 1. The van der Waals surface area contributed by atoms with Gasteiger partial charge in [0.15, 0.2) is 0 Å². The molecule has 48 valence electrons. The molecule has 1 aliphatic carbocycles. The van der Waals surface area contributed by atoms with E-state index in [9.17, 15) is 0 Å². The van der Waals surface area contributed by atoms with Gasteiger partial charge in [-0.1, -0.05) is 13.3 Å². The largest absolute Gasteiger partial charge is 0.330 e. The standard InChI is InChI=1S/C7H15N/c1-6-2-3-7(4-6)5-8/h6-7H,2-5,8H2,1H3/t6-,7?/m0/s1. The molecule has 0 radical (unpaired) electrons. The highest BCUT2D eigenvalue weighted by Crippen LogP contribution is 2.28. The minimum atomic E-state index is 0.852. The first kappa shape index (κ1) is 6.09. The fourth-order valence-corrected chi connectivity index (χ4v) is 1.54. The van der Waals surface area contributed by atoms with E-state index in [1.54, 1.807) is 0 Å². The van der Waals surface area contributed by atoms with Gasteiger partial charge >= 0.3 is 0 Å². The fraction of sp³-hybridized carbons (Fsp3) is 1.00. The average Bonchev–Trinajstić information content (AvgIpc) is 2.14. The summed E-state index contributed by atoms with van der Waals surface area (Å²) < 4.78 is 0. The molecule has 8 heavy (non-hydrogen) atoms. The van der Waals surface area contributed by atoms with E-state index >= 15 is 0 Å². The van der Waals surface area contributed by atoms with Crippen LogP contribution in [0.2, 0.25) is 0 Å². The third-order valence-electron chi connectivity index (χ3n) is 2.14. The summed E-state index contributed by atoms with van der Waals surface area (Å²) in [5.74, 6) is 1.80. The summed E-state index contributed by atoms with van der Waals surface area (Å²) in [7, 11) is 0. The summed E-state index contributed by atoms with van der Waals surface area (Å²) in [6.07, 6.45) is 4.15. The van der Waals surface area contributed by atoms with Crippen LogP contribution in [0.25, 0.3) is 0 Å². The van der Waals surface area contributed by atoms with Crippen LogP contribution in [-0.4, -0.2) is 6.54 Å². The molecule has 1 unspecified atom stereocenters. The van der Waals surface area contributed by atoms with Crippen LogP contribution in [0, 0.1) is 11.8 Å². The van der Waals surface area contributed by atoms with Crippen LogP contribution in [0.5, 0.6) is 0 Å². The van der Waals surface area contributed by atoms with Crippen molar-refractivity contribution in [1.29, 1.82) is 0 Å². The molecule has 0 aromatic carbocycles. The smallest absolute Gasteiger partial charge is 0.00488 e. The fourth-order valence-electron chi connectivity index (χ4n) is 1.54. The Morgan fingerprint density at radius 1 is 1.50 bits per heavy atom. The van der Waals surface area contributed by atoms with E-state index in [2.05, 4.69) is 6.92 Å². The van der Waals surface area contributed by atoms with Crippen molar-refractivity contribution in [2.45, 2.75) is 26.2 Å². The Kier molecular flexibility index (Phi) is 1.90. The Balaban J connectivity index is 2.22. The molecule has 0 aromatic rings. The second kappa shape index (κ2) is 2.49. The zero-order chi connectivity index (χ0) is 5.98. The maximum absolute atomic E-state index is 5.50. The third-order valence-corrected chi connectivity index (χ3v) is 2.14. The molecule has 0 saturated heterocycles. The van der Waals surface area contributed by atoms with Crippen LogP contribution in [0.3, 0.4) is 0 Å². The van der Waals surface area contributed by atoms with Crippen molar-refractivity contribution >= 4 is 0 Å². The SMILES string of the molecule is C[C@H]1CCC(CN)C1. The van der Waals surface area contributed by atoms with Crippen molar-refractivity contribution in [2.24, 2.45) is 17.6 Å². The Bertz CT molecular complexity index is 70.8. The van der Waals surface area contributed by atoms with Crippen molar-refractivity contribution in [3.8, 4) is 0 Å². The number of nitrogens with two attached hydrogens (primary N) is 1. The van der Waals surface area contributed by atoms with E-state index in [1.165, 1.54) is 19.3 Å². The Morgan fingerprint density at radius 3 is 2.50 bits per heavy atom. The van der Waals surface area contributed by atoms with E-state index in [0.29, 0.717) is 0 Å². The lowest BCUT2D eigenvalue weighted by Crippen LogP contribution is -2.10. The monoisotopic (exact) mass is 113 g/mol. The average molecular weight is 113 g/mol. The van der Waals surface area contributed by atoms with Gasteiger partial charge < -0.3 is 5.73 Å². The number of hydrogen-bond donors (Lipinski definition) is 1. The van der Waals surface area contributed by atoms with E-state index in [0.717, 1.165) is 18.4 Å². The van der Waals surface area contributed by atoms with Crippen molar-refractivity contribution in [2.75, 3.05) is 6.54 Å². The van der Waals surface area contributed by atoms with Crippen LogP contribution in [0.4, 0.5) is 0 Å². The molecular weight excluding hydrogens is 98.1 g/mol. The van der Waals surface area contributed by atoms with Gasteiger partial charge in [-0.3, -0.25) is 0 Å². The molecule has 0 bridgehead atoms. The summed E-state index contributed by atoms with van der Waals surface area (Å²) >= 11 is 0. The summed E-state index contributed by atoms with van der Waals surface area (Å²) in [6.45, 7) is 3.22. The van der Waals surface area contributed by atoms with Gasteiger partial charge in [0.2, 0.25) is 0 Å². The van der Waals surface area contributed by atoms with Crippen molar-refractivity contribution in [1.82, 2.24) is 0 Å². The molecular formula is C7H15N. The lowest BCUT2D eigenvalue weighted by Gasteiger charge is -2.02. The van der Waals surface area contributed by atoms with Gasteiger partial charge in [0.1, 0.15) is 0 Å². The lowest BCUT2D eigenvalue weighted by molar-refractivity contribution is 0.525. The summed E-state index contributed by atoms with van der Waals surface area (Å²) in [5, 5.41) is 0. The van der Waals surface area contributed by atoms with Crippen molar-refractivity contribution < 1.29 is 0 Å².